The fourth-order valence-corrected chi connectivity index (χ4v) is 2.32. The Morgan fingerprint density at radius 2 is 2.11 bits per heavy atom. The Kier molecular flexibility index (Phi) is 4.77. The van der Waals surface area contributed by atoms with Crippen LogP contribution in [0.25, 0.3) is 0 Å². The van der Waals surface area contributed by atoms with E-state index in [2.05, 4.69) is 4.98 Å². The molecule has 100 valence electrons. The number of nitrogens with two attached hydrogens (primary N) is 1. The van der Waals surface area contributed by atoms with Crippen molar-refractivity contribution in [2.45, 2.75) is 37.9 Å². The smallest absolute Gasteiger partial charge is 0.313 e. The van der Waals surface area contributed by atoms with Gasteiger partial charge in [-0.05, 0) is 12.8 Å². The van der Waals surface area contributed by atoms with Gasteiger partial charge in [0.15, 0.2) is 5.16 Å². The zero-order chi connectivity index (χ0) is 13.9. The first kappa shape index (κ1) is 14.6. The van der Waals surface area contributed by atoms with Crippen molar-refractivity contribution in [2.75, 3.05) is 5.75 Å². The zero-order valence-electron chi connectivity index (χ0n) is 10.6. The molecule has 7 heteroatoms. The van der Waals surface area contributed by atoms with Gasteiger partial charge < -0.3 is 15.4 Å². The summed E-state index contributed by atoms with van der Waals surface area (Å²) in [6, 6.07) is -0.541. The molecule has 0 aliphatic carbocycles. The molecule has 0 spiro atoms. The van der Waals surface area contributed by atoms with Crippen molar-refractivity contribution in [1.82, 2.24) is 9.55 Å². The lowest BCUT2D eigenvalue weighted by atomic mass is 10.1. The molecule has 0 aromatic carbocycles. The van der Waals surface area contributed by atoms with Gasteiger partial charge in [-0.3, -0.25) is 9.59 Å². The highest BCUT2D eigenvalue weighted by Crippen LogP contribution is 2.27. The molecule has 1 aromatic heterocycles. The van der Waals surface area contributed by atoms with Crippen molar-refractivity contribution in [3.05, 3.63) is 11.9 Å². The average molecular weight is 271 g/mol. The van der Waals surface area contributed by atoms with Crippen molar-refractivity contribution < 1.29 is 14.7 Å². The van der Waals surface area contributed by atoms with Gasteiger partial charge in [0.1, 0.15) is 6.04 Å². The molecule has 1 aromatic rings. The maximum absolute atomic E-state index is 11.3. The van der Waals surface area contributed by atoms with Gasteiger partial charge >= 0.3 is 5.97 Å². The Labute approximate surface area is 110 Å². The van der Waals surface area contributed by atoms with E-state index in [1.807, 2.05) is 13.8 Å². The molecule has 1 amide bonds. The Morgan fingerprint density at radius 1 is 1.50 bits per heavy atom. The summed E-state index contributed by atoms with van der Waals surface area (Å²) < 4.78 is 1.71. The molecule has 3 N–H and O–H groups in total. The van der Waals surface area contributed by atoms with E-state index in [-0.39, 0.29) is 11.7 Å². The van der Waals surface area contributed by atoms with E-state index in [1.165, 1.54) is 0 Å². The monoisotopic (exact) mass is 271 g/mol. The van der Waals surface area contributed by atoms with Crippen LogP contribution in [0.1, 0.15) is 38.4 Å². The summed E-state index contributed by atoms with van der Waals surface area (Å²) in [5.74, 6) is -1.31. The van der Waals surface area contributed by atoms with Crippen molar-refractivity contribution in [3.8, 4) is 0 Å². The Balaban J connectivity index is 3.10. The van der Waals surface area contributed by atoms with E-state index in [1.54, 1.807) is 17.7 Å². The number of primary amides is 1. The maximum atomic E-state index is 11.3. The van der Waals surface area contributed by atoms with Crippen LogP contribution < -0.4 is 5.73 Å². The fourth-order valence-electron chi connectivity index (χ4n) is 1.53. The van der Waals surface area contributed by atoms with Crippen LogP contribution in [0.2, 0.25) is 0 Å². The molecule has 1 atom stereocenters. The first-order valence-electron chi connectivity index (χ1n) is 5.55. The van der Waals surface area contributed by atoms with Crippen LogP contribution in [0, 0.1) is 0 Å². The SMILES string of the molecule is CC(C)c1cnc(SCC(=O)O)n1C(C)C(N)=O. The lowest BCUT2D eigenvalue weighted by Gasteiger charge is -2.17. The third kappa shape index (κ3) is 3.25. The molecule has 0 fully saturated rings. The second kappa shape index (κ2) is 5.90. The molecule has 0 aliphatic heterocycles. The highest BCUT2D eigenvalue weighted by atomic mass is 32.2. The third-order valence-corrected chi connectivity index (χ3v) is 3.46. The minimum Gasteiger partial charge on any atom is -0.481 e. The first-order chi connectivity index (χ1) is 8.34. The van der Waals surface area contributed by atoms with Gasteiger partial charge in [0.2, 0.25) is 5.91 Å². The minimum absolute atomic E-state index is 0.0972. The van der Waals surface area contributed by atoms with Crippen molar-refractivity contribution in [3.63, 3.8) is 0 Å². The van der Waals surface area contributed by atoms with E-state index < -0.39 is 17.9 Å². The van der Waals surface area contributed by atoms with Gasteiger partial charge in [0.05, 0.1) is 5.75 Å². The van der Waals surface area contributed by atoms with Crippen molar-refractivity contribution in [1.29, 1.82) is 0 Å². The highest BCUT2D eigenvalue weighted by molar-refractivity contribution is 7.99. The summed E-state index contributed by atoms with van der Waals surface area (Å²) in [7, 11) is 0. The number of carbonyl (C=O) groups excluding carboxylic acids is 1. The summed E-state index contributed by atoms with van der Waals surface area (Å²) in [6.07, 6.45) is 1.66. The van der Waals surface area contributed by atoms with E-state index in [9.17, 15) is 9.59 Å². The third-order valence-electron chi connectivity index (χ3n) is 2.51. The van der Waals surface area contributed by atoms with Gasteiger partial charge in [-0.25, -0.2) is 4.98 Å². The number of thioether (sulfide) groups is 1. The number of amides is 1. The maximum Gasteiger partial charge on any atom is 0.313 e. The molecule has 1 heterocycles. The zero-order valence-corrected chi connectivity index (χ0v) is 11.4. The van der Waals surface area contributed by atoms with Gasteiger partial charge in [-0.15, -0.1) is 0 Å². The summed E-state index contributed by atoms with van der Waals surface area (Å²) in [5.41, 5.74) is 6.18. The number of carboxylic acids is 1. The van der Waals surface area contributed by atoms with Gasteiger partial charge in [-0.1, -0.05) is 25.6 Å². The number of rotatable bonds is 6. The summed E-state index contributed by atoms with van der Waals surface area (Å²) in [5, 5.41) is 9.19. The standard InChI is InChI=1S/C11H17N3O3S/c1-6(2)8-4-13-11(18-5-9(15)16)14(8)7(3)10(12)17/h4,6-7H,5H2,1-3H3,(H2,12,17)(H,15,16). The Morgan fingerprint density at radius 3 is 2.56 bits per heavy atom. The predicted molar refractivity (Wildman–Crippen MR) is 68.6 cm³/mol. The van der Waals surface area contributed by atoms with Crippen LogP contribution in [-0.2, 0) is 9.59 Å². The first-order valence-corrected chi connectivity index (χ1v) is 6.54. The van der Waals surface area contributed by atoms with Crippen LogP contribution in [0.15, 0.2) is 11.4 Å². The summed E-state index contributed by atoms with van der Waals surface area (Å²) in [6.45, 7) is 5.64. The molecule has 0 bridgehead atoms. The van der Waals surface area contributed by atoms with Gasteiger partial charge in [0, 0.05) is 11.9 Å². The van der Waals surface area contributed by atoms with E-state index in [0.29, 0.717) is 5.16 Å². The van der Waals surface area contributed by atoms with Crippen LogP contribution in [0.5, 0.6) is 0 Å². The molecule has 0 aliphatic rings. The number of aromatic nitrogens is 2. The van der Waals surface area contributed by atoms with Crippen LogP contribution in [0.3, 0.4) is 0 Å². The van der Waals surface area contributed by atoms with Gasteiger partial charge in [-0.2, -0.15) is 0 Å². The number of imidazole rings is 1. The number of carbonyl (C=O) groups is 2. The molecular weight excluding hydrogens is 254 g/mol. The largest absolute Gasteiger partial charge is 0.481 e. The Hall–Kier alpha value is -1.50. The minimum atomic E-state index is -0.924. The molecule has 0 saturated heterocycles. The number of hydrogen-bond acceptors (Lipinski definition) is 4. The molecular formula is C11H17N3O3S. The Bertz CT molecular complexity index is 456. The van der Waals surface area contributed by atoms with Gasteiger partial charge in [0.25, 0.3) is 0 Å². The summed E-state index contributed by atoms with van der Waals surface area (Å²) >= 11 is 1.08. The number of hydrogen-bond donors (Lipinski definition) is 2. The van der Waals surface area contributed by atoms with E-state index in [4.69, 9.17) is 10.8 Å². The van der Waals surface area contributed by atoms with Crippen LogP contribution in [-0.4, -0.2) is 32.3 Å². The number of nitrogens with zero attached hydrogens (tertiary/aromatic N) is 2. The van der Waals surface area contributed by atoms with E-state index in [0.717, 1.165) is 17.5 Å². The topological polar surface area (TPSA) is 98.2 Å². The summed E-state index contributed by atoms with van der Waals surface area (Å²) in [4.78, 5) is 26.1. The molecule has 0 saturated carbocycles. The predicted octanol–water partition coefficient (Wildman–Crippen LogP) is 1.23. The quantitative estimate of drug-likeness (QED) is 0.758. The normalized spacial score (nSPS) is 12.7. The average Bonchev–Trinajstić information content (AvgIpc) is 2.68. The molecule has 1 rings (SSSR count). The lowest BCUT2D eigenvalue weighted by Crippen LogP contribution is -2.26. The lowest BCUT2D eigenvalue weighted by molar-refractivity contribution is -0.133. The second-order valence-electron chi connectivity index (χ2n) is 4.25. The highest BCUT2D eigenvalue weighted by Gasteiger charge is 2.21. The molecule has 0 radical (unpaired) electrons. The van der Waals surface area contributed by atoms with Crippen molar-refractivity contribution in [2.24, 2.45) is 5.73 Å². The molecule has 6 nitrogen and oxygen atoms in total. The van der Waals surface area contributed by atoms with Crippen LogP contribution in [0.4, 0.5) is 0 Å². The van der Waals surface area contributed by atoms with E-state index >= 15 is 0 Å². The second-order valence-corrected chi connectivity index (χ2v) is 5.19. The fraction of sp³-hybridized carbons (Fsp3) is 0.545. The molecule has 1 unspecified atom stereocenters. The number of aliphatic carboxylic acids is 1. The molecule has 18 heavy (non-hydrogen) atoms. The van der Waals surface area contributed by atoms with Crippen molar-refractivity contribution >= 4 is 23.6 Å². The van der Waals surface area contributed by atoms with Crippen LogP contribution >= 0.6 is 11.8 Å². The number of carboxylic acid groups (broad SMARTS) is 1.